The van der Waals surface area contributed by atoms with Gasteiger partial charge in [-0.3, -0.25) is 0 Å². The van der Waals surface area contributed by atoms with Gasteiger partial charge in [-0.15, -0.1) is 11.3 Å². The number of sulfonamides is 1. The average molecular weight is 335 g/mol. The van der Waals surface area contributed by atoms with E-state index in [1.807, 2.05) is 13.2 Å². The van der Waals surface area contributed by atoms with E-state index in [4.69, 9.17) is 0 Å². The zero-order valence-electron chi connectivity index (χ0n) is 11.9. The molecule has 1 aliphatic carbocycles. The van der Waals surface area contributed by atoms with Gasteiger partial charge in [-0.05, 0) is 31.6 Å². The SMILES string of the molecule is CCC(CSC)NS(=O)(=O)c1csc(CNC2CC2)c1. The maximum atomic E-state index is 12.3. The minimum Gasteiger partial charge on any atom is -0.309 e. The lowest BCUT2D eigenvalue weighted by atomic mass is 10.3. The molecule has 0 saturated heterocycles. The number of hydrogen-bond acceptors (Lipinski definition) is 5. The fraction of sp³-hybridized carbons (Fsp3) is 0.692. The standard InChI is InChI=1S/C13H22N2O2S3/c1-3-10(8-18-2)15-20(16,17)13-6-12(19-9-13)7-14-11-4-5-11/h6,9-11,14-15H,3-5,7-8H2,1-2H3. The van der Waals surface area contributed by atoms with E-state index >= 15 is 0 Å². The van der Waals surface area contributed by atoms with Gasteiger partial charge in [-0.2, -0.15) is 11.8 Å². The van der Waals surface area contributed by atoms with Crippen molar-refractivity contribution >= 4 is 33.1 Å². The summed E-state index contributed by atoms with van der Waals surface area (Å²) >= 11 is 3.17. The first kappa shape index (κ1) is 16.3. The Bertz CT molecular complexity index is 523. The summed E-state index contributed by atoms with van der Waals surface area (Å²) in [6.45, 7) is 2.77. The van der Waals surface area contributed by atoms with E-state index in [0.717, 1.165) is 23.6 Å². The summed E-state index contributed by atoms with van der Waals surface area (Å²) in [4.78, 5) is 1.48. The van der Waals surface area contributed by atoms with Crippen LogP contribution in [-0.2, 0) is 16.6 Å². The lowest BCUT2D eigenvalue weighted by Gasteiger charge is -2.15. The van der Waals surface area contributed by atoms with Gasteiger partial charge in [0.25, 0.3) is 0 Å². The normalized spacial score (nSPS) is 17.3. The number of nitrogens with one attached hydrogen (secondary N) is 2. The highest BCUT2D eigenvalue weighted by molar-refractivity contribution is 7.98. The van der Waals surface area contributed by atoms with Crippen molar-refractivity contribution in [3.63, 3.8) is 0 Å². The molecule has 0 spiro atoms. The zero-order chi connectivity index (χ0) is 14.6. The highest BCUT2D eigenvalue weighted by Gasteiger charge is 2.22. The van der Waals surface area contributed by atoms with Gasteiger partial charge in [0, 0.05) is 34.6 Å². The number of thioether (sulfide) groups is 1. The average Bonchev–Trinajstić information content (AvgIpc) is 3.11. The second-order valence-electron chi connectivity index (χ2n) is 5.09. The van der Waals surface area contributed by atoms with Crippen LogP contribution in [-0.4, -0.2) is 32.5 Å². The Morgan fingerprint density at radius 2 is 2.25 bits per heavy atom. The number of rotatable bonds is 9. The third-order valence-corrected chi connectivity index (χ3v) is 6.59. The van der Waals surface area contributed by atoms with Crippen LogP contribution in [0.5, 0.6) is 0 Å². The van der Waals surface area contributed by atoms with Crippen molar-refractivity contribution in [2.24, 2.45) is 0 Å². The molecule has 4 nitrogen and oxygen atoms in total. The molecule has 0 aromatic carbocycles. The van der Waals surface area contributed by atoms with E-state index in [-0.39, 0.29) is 6.04 Å². The van der Waals surface area contributed by atoms with E-state index in [2.05, 4.69) is 10.0 Å². The summed E-state index contributed by atoms with van der Waals surface area (Å²) in [6.07, 6.45) is 5.28. The van der Waals surface area contributed by atoms with Gasteiger partial charge in [0.2, 0.25) is 10.0 Å². The highest BCUT2D eigenvalue weighted by atomic mass is 32.2. The fourth-order valence-corrected chi connectivity index (χ4v) is 5.22. The predicted octanol–water partition coefficient (Wildman–Crippen LogP) is 2.42. The molecule has 20 heavy (non-hydrogen) atoms. The molecule has 2 N–H and O–H groups in total. The second kappa shape index (κ2) is 7.26. The monoisotopic (exact) mass is 334 g/mol. The fourth-order valence-electron chi connectivity index (χ4n) is 1.85. The first-order valence-electron chi connectivity index (χ1n) is 6.87. The maximum absolute atomic E-state index is 12.3. The summed E-state index contributed by atoms with van der Waals surface area (Å²) in [6, 6.07) is 2.43. The number of thiophene rings is 1. The molecule has 0 bridgehead atoms. The molecule has 7 heteroatoms. The number of hydrogen-bond donors (Lipinski definition) is 2. The lowest BCUT2D eigenvalue weighted by molar-refractivity contribution is 0.558. The molecular formula is C13H22N2O2S3. The molecule has 1 aromatic heterocycles. The van der Waals surface area contributed by atoms with E-state index in [1.165, 1.54) is 24.2 Å². The Morgan fingerprint density at radius 3 is 2.85 bits per heavy atom. The van der Waals surface area contributed by atoms with Gasteiger partial charge < -0.3 is 5.32 Å². The summed E-state index contributed by atoms with van der Waals surface area (Å²) < 4.78 is 27.4. The highest BCUT2D eigenvalue weighted by Crippen LogP contribution is 2.23. The molecule has 1 fully saturated rings. The molecule has 114 valence electrons. The van der Waals surface area contributed by atoms with Crippen molar-refractivity contribution in [2.75, 3.05) is 12.0 Å². The van der Waals surface area contributed by atoms with E-state index in [1.54, 1.807) is 23.2 Å². The summed E-state index contributed by atoms with van der Waals surface area (Å²) in [7, 11) is -3.38. The van der Waals surface area contributed by atoms with Gasteiger partial charge in [-0.1, -0.05) is 6.92 Å². The van der Waals surface area contributed by atoms with Crippen LogP contribution < -0.4 is 10.0 Å². The maximum Gasteiger partial charge on any atom is 0.241 e. The van der Waals surface area contributed by atoms with Crippen LogP contribution in [0.1, 0.15) is 31.1 Å². The largest absolute Gasteiger partial charge is 0.309 e. The first-order chi connectivity index (χ1) is 9.55. The molecule has 1 aromatic rings. The zero-order valence-corrected chi connectivity index (χ0v) is 14.3. The lowest BCUT2D eigenvalue weighted by Crippen LogP contribution is -2.35. The summed E-state index contributed by atoms with van der Waals surface area (Å²) in [5.41, 5.74) is 0. The molecule has 1 unspecified atom stereocenters. The van der Waals surface area contributed by atoms with Crippen LogP contribution in [0.4, 0.5) is 0 Å². The Labute approximate surface area is 129 Å². The molecule has 2 rings (SSSR count). The van der Waals surface area contributed by atoms with Gasteiger partial charge in [-0.25, -0.2) is 13.1 Å². The molecule has 1 atom stereocenters. The first-order valence-corrected chi connectivity index (χ1v) is 10.6. The van der Waals surface area contributed by atoms with Crippen molar-refractivity contribution in [1.29, 1.82) is 0 Å². The van der Waals surface area contributed by atoms with Gasteiger partial charge >= 0.3 is 0 Å². The third-order valence-electron chi connectivity index (χ3n) is 3.26. The van der Waals surface area contributed by atoms with Crippen LogP contribution in [0, 0.1) is 0 Å². The Morgan fingerprint density at radius 1 is 1.50 bits per heavy atom. The van der Waals surface area contributed by atoms with Crippen LogP contribution >= 0.6 is 23.1 Å². The van der Waals surface area contributed by atoms with Crippen molar-refractivity contribution < 1.29 is 8.42 Å². The molecule has 1 saturated carbocycles. The minimum atomic E-state index is -3.38. The van der Waals surface area contributed by atoms with E-state index in [9.17, 15) is 8.42 Å². The second-order valence-corrected chi connectivity index (χ2v) is 8.71. The smallest absolute Gasteiger partial charge is 0.241 e. The van der Waals surface area contributed by atoms with Crippen molar-refractivity contribution in [2.45, 2.75) is 49.7 Å². The molecule has 1 aliphatic rings. The van der Waals surface area contributed by atoms with Crippen molar-refractivity contribution in [3.8, 4) is 0 Å². The molecular weight excluding hydrogens is 312 g/mol. The van der Waals surface area contributed by atoms with Gasteiger partial charge in [0.1, 0.15) is 0 Å². The predicted molar refractivity (Wildman–Crippen MR) is 87.0 cm³/mol. The van der Waals surface area contributed by atoms with Crippen LogP contribution in [0.25, 0.3) is 0 Å². The van der Waals surface area contributed by atoms with E-state index < -0.39 is 10.0 Å². The summed E-state index contributed by atoms with van der Waals surface area (Å²) in [5, 5.41) is 5.14. The van der Waals surface area contributed by atoms with Crippen LogP contribution in [0.3, 0.4) is 0 Å². The molecule has 0 radical (unpaired) electrons. The molecule has 0 aliphatic heterocycles. The van der Waals surface area contributed by atoms with Crippen molar-refractivity contribution in [3.05, 3.63) is 16.3 Å². The van der Waals surface area contributed by atoms with Gasteiger partial charge in [0.05, 0.1) is 4.90 Å². The topological polar surface area (TPSA) is 58.2 Å². The Hall–Kier alpha value is -0.0800. The Balaban J connectivity index is 1.96. The van der Waals surface area contributed by atoms with Gasteiger partial charge in [0.15, 0.2) is 0 Å². The molecule has 0 amide bonds. The van der Waals surface area contributed by atoms with Crippen molar-refractivity contribution in [1.82, 2.24) is 10.0 Å². The van der Waals surface area contributed by atoms with Crippen LogP contribution in [0.15, 0.2) is 16.3 Å². The summed E-state index contributed by atoms with van der Waals surface area (Å²) in [5.74, 6) is 0.802. The quantitative estimate of drug-likeness (QED) is 0.728. The molecule has 1 heterocycles. The van der Waals surface area contributed by atoms with E-state index in [0.29, 0.717) is 10.9 Å². The third kappa shape index (κ3) is 4.73. The van der Waals surface area contributed by atoms with Crippen LogP contribution in [0.2, 0.25) is 0 Å². The minimum absolute atomic E-state index is 0.00272. The Kier molecular flexibility index (Phi) is 5.92.